The van der Waals surface area contributed by atoms with Gasteiger partial charge < -0.3 is 4.74 Å². The van der Waals surface area contributed by atoms with Crippen molar-refractivity contribution in [3.8, 4) is 0 Å². The maximum absolute atomic E-state index is 4.56. The van der Waals surface area contributed by atoms with E-state index in [9.17, 15) is 0 Å². The van der Waals surface area contributed by atoms with Crippen LogP contribution in [0.3, 0.4) is 0 Å². The molecule has 0 aliphatic heterocycles. The van der Waals surface area contributed by atoms with Crippen molar-refractivity contribution in [2.24, 2.45) is 0 Å². The smallest absolute Gasteiger partial charge is 0.0853 e. The van der Waals surface area contributed by atoms with E-state index in [4.69, 9.17) is 0 Å². The largest absolute Gasteiger partial charge is 0.502 e. The zero-order valence-electron chi connectivity index (χ0n) is 3.62. The highest BCUT2D eigenvalue weighted by Crippen LogP contribution is 1.80. The Balaban J connectivity index is 0. The molecule has 0 bridgehead atoms. The molecular weight excluding hydrogens is 76.1 g/mol. The molecule has 38 valence electrons. The van der Waals surface area contributed by atoms with Gasteiger partial charge in [-0.1, -0.05) is 14.0 Å². The maximum atomic E-state index is 4.56. The zero-order chi connectivity index (χ0) is 4.28. The van der Waals surface area contributed by atoms with Crippen molar-refractivity contribution in [1.29, 1.82) is 0 Å². The van der Waals surface area contributed by atoms with Gasteiger partial charge in [-0.2, -0.15) is 0 Å². The first-order valence-electron chi connectivity index (χ1n) is 1.47. The van der Waals surface area contributed by atoms with Gasteiger partial charge >= 0.3 is 0 Å². The number of ether oxygens (including phenoxy) is 1. The Morgan fingerprint density at radius 1 is 1.67 bits per heavy atom. The van der Waals surface area contributed by atoms with E-state index >= 15 is 0 Å². The van der Waals surface area contributed by atoms with Gasteiger partial charge in [0.15, 0.2) is 0 Å². The summed E-state index contributed by atoms with van der Waals surface area (Å²) in [5.41, 5.74) is 0. The van der Waals surface area contributed by atoms with E-state index in [1.807, 2.05) is 0 Å². The summed E-state index contributed by atoms with van der Waals surface area (Å²) < 4.78 is 4.56. The summed E-state index contributed by atoms with van der Waals surface area (Å²) in [4.78, 5) is 0. The summed E-state index contributed by atoms with van der Waals surface area (Å²) in [7, 11) is 1.60. The van der Waals surface area contributed by atoms with E-state index in [0.29, 0.717) is 0 Å². The summed E-state index contributed by atoms with van der Waals surface area (Å²) in [6.45, 7) is 5.26. The van der Waals surface area contributed by atoms with Gasteiger partial charge in [-0.25, -0.2) is 0 Å². The van der Waals surface area contributed by atoms with Gasteiger partial charge in [-0.3, -0.25) is 0 Å². The highest BCUT2D eigenvalue weighted by atomic mass is 16.5. The highest BCUT2D eigenvalue weighted by molar-refractivity contribution is 4.71. The fourth-order valence-corrected chi connectivity index (χ4v) is 0. The first-order valence-corrected chi connectivity index (χ1v) is 1.47. The predicted octanol–water partition coefficient (Wildman–Crippen LogP) is 1.80. The Morgan fingerprint density at radius 2 is 1.83 bits per heavy atom. The second kappa shape index (κ2) is 4.54. The van der Waals surface area contributed by atoms with Crippen molar-refractivity contribution in [3.63, 3.8) is 0 Å². The van der Waals surface area contributed by atoms with Crippen LogP contribution in [0.25, 0.3) is 0 Å². The molecule has 0 saturated carbocycles. The number of rotatable bonds is 1. The number of methoxy groups -OCH3 is 1. The van der Waals surface area contributed by atoms with Crippen LogP contribution in [0.4, 0.5) is 0 Å². The molecule has 0 rings (SSSR count). The summed E-state index contributed by atoms with van der Waals surface area (Å²) in [6.07, 6.45) is 0. The van der Waals surface area contributed by atoms with Crippen molar-refractivity contribution >= 4 is 0 Å². The lowest BCUT2D eigenvalue weighted by molar-refractivity contribution is 0.295. The molecule has 0 aromatic carbocycles. The first kappa shape index (κ1) is 9.11. The molecular formula is C5H12O. The number of allylic oxidation sites excluding steroid dienone is 1. The molecule has 1 nitrogen and oxygen atoms in total. The Labute approximate surface area is 39.6 Å². The molecule has 0 fully saturated rings. The SMILES string of the molecule is C.C=C(C)OC. The monoisotopic (exact) mass is 88.1 g/mol. The van der Waals surface area contributed by atoms with Crippen molar-refractivity contribution in [1.82, 2.24) is 0 Å². The van der Waals surface area contributed by atoms with Crippen LogP contribution in [0, 0.1) is 0 Å². The molecule has 0 spiro atoms. The van der Waals surface area contributed by atoms with Crippen LogP contribution in [0.2, 0.25) is 0 Å². The van der Waals surface area contributed by atoms with Crippen LogP contribution in [-0.4, -0.2) is 7.11 Å². The molecule has 1 heteroatoms. The molecule has 0 aliphatic rings. The standard InChI is InChI=1S/C4H8O.CH4/c1-4(2)5-3;/h1H2,2-3H3;1H4. The lowest BCUT2D eigenvalue weighted by Crippen LogP contribution is -1.70. The van der Waals surface area contributed by atoms with E-state index in [-0.39, 0.29) is 7.43 Å². The topological polar surface area (TPSA) is 9.23 Å². The third-order valence-corrected chi connectivity index (χ3v) is 0.348. The van der Waals surface area contributed by atoms with E-state index in [0.717, 1.165) is 5.76 Å². The molecule has 0 heterocycles. The Hall–Kier alpha value is -0.460. The van der Waals surface area contributed by atoms with Gasteiger partial charge in [0.2, 0.25) is 0 Å². The molecule has 0 atom stereocenters. The maximum Gasteiger partial charge on any atom is 0.0853 e. The van der Waals surface area contributed by atoms with Gasteiger partial charge in [0.25, 0.3) is 0 Å². The highest BCUT2D eigenvalue weighted by Gasteiger charge is 1.65. The Kier molecular flexibility index (Phi) is 6.89. The third kappa shape index (κ3) is 9.63. The average molecular weight is 88.1 g/mol. The summed E-state index contributed by atoms with van der Waals surface area (Å²) in [6, 6.07) is 0. The molecule has 0 aliphatic carbocycles. The van der Waals surface area contributed by atoms with Crippen LogP contribution >= 0.6 is 0 Å². The summed E-state index contributed by atoms with van der Waals surface area (Å²) in [5.74, 6) is 0.755. The van der Waals surface area contributed by atoms with Crippen molar-refractivity contribution in [2.75, 3.05) is 7.11 Å². The quantitative estimate of drug-likeness (QED) is 0.444. The lowest BCUT2D eigenvalue weighted by Gasteiger charge is -1.88. The average Bonchev–Trinajstić information content (AvgIpc) is 1.38. The molecule has 0 aromatic rings. The first-order chi connectivity index (χ1) is 2.27. The molecule has 0 unspecified atom stereocenters. The van der Waals surface area contributed by atoms with Crippen LogP contribution < -0.4 is 0 Å². The van der Waals surface area contributed by atoms with Crippen LogP contribution in [0.5, 0.6) is 0 Å². The molecule has 0 N–H and O–H groups in total. The third-order valence-electron chi connectivity index (χ3n) is 0.348. The number of hydrogen-bond donors (Lipinski definition) is 0. The molecule has 0 saturated heterocycles. The fraction of sp³-hybridized carbons (Fsp3) is 0.600. The van der Waals surface area contributed by atoms with Crippen LogP contribution in [0.15, 0.2) is 12.3 Å². The second-order valence-electron chi connectivity index (χ2n) is 0.906. The Bertz CT molecular complexity index is 39.2. The van der Waals surface area contributed by atoms with Gasteiger partial charge in [0, 0.05) is 0 Å². The summed E-state index contributed by atoms with van der Waals surface area (Å²) >= 11 is 0. The minimum absolute atomic E-state index is 0. The predicted molar refractivity (Wildman–Crippen MR) is 28.6 cm³/mol. The lowest BCUT2D eigenvalue weighted by atomic mass is 10.7. The molecule has 0 radical (unpaired) electrons. The van der Waals surface area contributed by atoms with Crippen LogP contribution in [0.1, 0.15) is 14.4 Å². The molecule has 0 aromatic heterocycles. The van der Waals surface area contributed by atoms with E-state index in [1.54, 1.807) is 14.0 Å². The van der Waals surface area contributed by atoms with Gasteiger partial charge in [-0.15, -0.1) is 0 Å². The van der Waals surface area contributed by atoms with Crippen molar-refractivity contribution in [2.45, 2.75) is 14.4 Å². The van der Waals surface area contributed by atoms with E-state index in [1.165, 1.54) is 0 Å². The second-order valence-corrected chi connectivity index (χ2v) is 0.906. The Morgan fingerprint density at radius 3 is 1.83 bits per heavy atom. The van der Waals surface area contributed by atoms with Gasteiger partial charge in [0.1, 0.15) is 0 Å². The number of hydrogen-bond acceptors (Lipinski definition) is 1. The van der Waals surface area contributed by atoms with Crippen molar-refractivity contribution in [3.05, 3.63) is 12.3 Å². The fourth-order valence-electron chi connectivity index (χ4n) is 0. The summed E-state index contributed by atoms with van der Waals surface area (Å²) in [5, 5.41) is 0. The molecule has 0 amide bonds. The zero-order valence-corrected chi connectivity index (χ0v) is 3.62. The van der Waals surface area contributed by atoms with Gasteiger partial charge in [-0.05, 0) is 6.92 Å². The normalized spacial score (nSPS) is 5.67. The minimum atomic E-state index is 0. The van der Waals surface area contributed by atoms with Gasteiger partial charge in [0.05, 0.1) is 12.9 Å². The van der Waals surface area contributed by atoms with E-state index in [2.05, 4.69) is 11.3 Å². The van der Waals surface area contributed by atoms with Crippen LogP contribution in [-0.2, 0) is 4.74 Å². The minimum Gasteiger partial charge on any atom is -0.502 e. The molecule has 6 heavy (non-hydrogen) atoms. The van der Waals surface area contributed by atoms with E-state index < -0.39 is 0 Å². The van der Waals surface area contributed by atoms with Crippen molar-refractivity contribution < 1.29 is 4.74 Å².